The fourth-order valence-electron chi connectivity index (χ4n) is 1.99. The quantitative estimate of drug-likeness (QED) is 0.889. The average molecular weight is 251 g/mol. The van der Waals surface area contributed by atoms with Gasteiger partial charge in [-0.2, -0.15) is 0 Å². The molecule has 1 aliphatic rings. The van der Waals surface area contributed by atoms with E-state index in [-0.39, 0.29) is 5.54 Å². The van der Waals surface area contributed by atoms with Crippen LogP contribution in [0.25, 0.3) is 0 Å². The van der Waals surface area contributed by atoms with Gasteiger partial charge in [-0.25, -0.2) is 4.79 Å². The Hall–Kier alpha value is -1.91. The molecule has 1 saturated carbocycles. The lowest BCUT2D eigenvalue weighted by atomic mass is 10.0. The van der Waals surface area contributed by atoms with Gasteiger partial charge in [0.2, 0.25) is 0 Å². The highest BCUT2D eigenvalue weighted by molar-refractivity contribution is 5.69. The van der Waals surface area contributed by atoms with Crippen molar-refractivity contribution in [2.45, 2.75) is 18.4 Å². The molecule has 0 unspecified atom stereocenters. The summed E-state index contributed by atoms with van der Waals surface area (Å²) in [5.41, 5.74) is 0.692. The molecule has 0 bridgehead atoms. The first-order valence-electron chi connectivity index (χ1n) is 5.74. The number of carbonyl (C=O) groups is 1. The largest absolute Gasteiger partial charge is 0.493 e. The highest BCUT2D eigenvalue weighted by atomic mass is 16.5. The van der Waals surface area contributed by atoms with Crippen molar-refractivity contribution in [2.24, 2.45) is 0 Å². The van der Waals surface area contributed by atoms with Gasteiger partial charge in [-0.15, -0.1) is 0 Å². The van der Waals surface area contributed by atoms with Crippen LogP contribution in [0.4, 0.5) is 4.79 Å². The molecule has 0 saturated heterocycles. The predicted octanol–water partition coefficient (Wildman–Crippen LogP) is 2.05. The summed E-state index contributed by atoms with van der Waals surface area (Å²) in [7, 11) is 4.55. The molecule has 5 heteroatoms. The Balaban J connectivity index is 2.26. The number of rotatable bonds is 4. The summed E-state index contributed by atoms with van der Waals surface area (Å²) in [4.78, 5) is 11.3. The molecule has 1 fully saturated rings. The Morgan fingerprint density at radius 3 is 2.33 bits per heavy atom. The van der Waals surface area contributed by atoms with Gasteiger partial charge in [0.05, 0.1) is 26.9 Å². The van der Waals surface area contributed by atoms with E-state index < -0.39 is 6.09 Å². The van der Waals surface area contributed by atoms with Gasteiger partial charge in [0.1, 0.15) is 0 Å². The Bertz CT molecular complexity index is 454. The van der Waals surface area contributed by atoms with Crippen LogP contribution in [0.2, 0.25) is 0 Å². The van der Waals surface area contributed by atoms with Crippen LogP contribution in [0, 0.1) is 0 Å². The summed E-state index contributed by atoms with van der Waals surface area (Å²) in [6.45, 7) is 0. The van der Waals surface area contributed by atoms with E-state index in [1.807, 2.05) is 18.2 Å². The van der Waals surface area contributed by atoms with Crippen molar-refractivity contribution in [1.82, 2.24) is 5.32 Å². The van der Waals surface area contributed by atoms with Crippen molar-refractivity contribution in [2.75, 3.05) is 21.3 Å². The number of methoxy groups -OCH3 is 3. The van der Waals surface area contributed by atoms with Crippen LogP contribution in [0.1, 0.15) is 18.4 Å². The van der Waals surface area contributed by atoms with Crippen LogP contribution >= 0.6 is 0 Å². The van der Waals surface area contributed by atoms with Gasteiger partial charge in [0.15, 0.2) is 11.5 Å². The standard InChI is InChI=1S/C13H17NO4/c1-16-10-5-4-9(8-11(10)17-2)13(6-7-13)14-12(15)18-3/h4-5,8H,6-7H2,1-3H3,(H,14,15). The SMILES string of the molecule is COC(=O)NC1(c2ccc(OC)c(OC)c2)CC1. The molecule has 1 aliphatic carbocycles. The van der Waals surface area contributed by atoms with Gasteiger partial charge in [-0.3, -0.25) is 0 Å². The first kappa shape index (κ1) is 12.5. The number of benzene rings is 1. The molecule has 5 nitrogen and oxygen atoms in total. The third-order valence-electron chi connectivity index (χ3n) is 3.21. The van der Waals surface area contributed by atoms with E-state index in [1.54, 1.807) is 14.2 Å². The Labute approximate surface area is 106 Å². The van der Waals surface area contributed by atoms with Crippen LogP contribution in [0.3, 0.4) is 0 Å². The minimum Gasteiger partial charge on any atom is -0.493 e. The van der Waals surface area contributed by atoms with E-state index in [1.165, 1.54) is 7.11 Å². The summed E-state index contributed by atoms with van der Waals surface area (Å²) >= 11 is 0. The van der Waals surface area contributed by atoms with Gasteiger partial charge in [-0.1, -0.05) is 6.07 Å². The van der Waals surface area contributed by atoms with Gasteiger partial charge in [-0.05, 0) is 30.5 Å². The van der Waals surface area contributed by atoms with E-state index in [4.69, 9.17) is 9.47 Å². The van der Waals surface area contributed by atoms with E-state index in [0.29, 0.717) is 11.5 Å². The fraction of sp³-hybridized carbons (Fsp3) is 0.462. The van der Waals surface area contributed by atoms with Crippen molar-refractivity contribution < 1.29 is 19.0 Å². The third kappa shape index (κ3) is 2.20. The number of hydrogen-bond acceptors (Lipinski definition) is 4. The third-order valence-corrected chi connectivity index (χ3v) is 3.21. The zero-order valence-electron chi connectivity index (χ0n) is 10.8. The van der Waals surface area contributed by atoms with E-state index >= 15 is 0 Å². The van der Waals surface area contributed by atoms with Crippen molar-refractivity contribution in [3.8, 4) is 11.5 Å². The normalized spacial score (nSPS) is 15.7. The average Bonchev–Trinajstić information content (AvgIpc) is 3.18. The molecule has 18 heavy (non-hydrogen) atoms. The first-order valence-corrected chi connectivity index (χ1v) is 5.74. The molecule has 2 rings (SSSR count). The molecule has 1 aromatic carbocycles. The summed E-state index contributed by atoms with van der Waals surface area (Å²) in [6, 6.07) is 5.67. The van der Waals surface area contributed by atoms with E-state index in [9.17, 15) is 4.79 Å². The predicted molar refractivity (Wildman–Crippen MR) is 66.0 cm³/mol. The monoisotopic (exact) mass is 251 g/mol. The summed E-state index contributed by atoms with van der Waals surface area (Å²) < 4.78 is 15.1. The molecule has 1 amide bonds. The molecule has 0 radical (unpaired) electrons. The minimum atomic E-state index is -0.415. The molecule has 0 spiro atoms. The number of carbonyl (C=O) groups excluding carboxylic acids is 1. The van der Waals surface area contributed by atoms with Gasteiger partial charge < -0.3 is 19.5 Å². The van der Waals surface area contributed by atoms with Crippen molar-refractivity contribution in [3.05, 3.63) is 23.8 Å². The second-order valence-electron chi connectivity index (χ2n) is 4.27. The minimum absolute atomic E-state index is 0.313. The highest BCUT2D eigenvalue weighted by Gasteiger charge is 2.46. The Morgan fingerprint density at radius 2 is 1.83 bits per heavy atom. The molecular weight excluding hydrogens is 234 g/mol. The van der Waals surface area contributed by atoms with Crippen LogP contribution in [-0.4, -0.2) is 27.4 Å². The maximum absolute atomic E-state index is 11.3. The second kappa shape index (κ2) is 4.76. The molecule has 0 aromatic heterocycles. The topological polar surface area (TPSA) is 56.8 Å². The molecule has 0 aliphatic heterocycles. The molecule has 98 valence electrons. The van der Waals surface area contributed by atoms with Gasteiger partial charge >= 0.3 is 6.09 Å². The number of alkyl carbamates (subject to hydrolysis) is 1. The lowest BCUT2D eigenvalue weighted by Crippen LogP contribution is -2.34. The van der Waals surface area contributed by atoms with Gasteiger partial charge in [0.25, 0.3) is 0 Å². The van der Waals surface area contributed by atoms with Crippen LogP contribution in [0.15, 0.2) is 18.2 Å². The number of amides is 1. The van der Waals surface area contributed by atoms with Crippen LogP contribution in [-0.2, 0) is 10.3 Å². The van der Waals surface area contributed by atoms with E-state index in [2.05, 4.69) is 10.1 Å². The first-order chi connectivity index (χ1) is 8.65. The summed E-state index contributed by atoms with van der Waals surface area (Å²) in [6.07, 6.45) is 1.39. The lowest BCUT2D eigenvalue weighted by molar-refractivity contribution is 0.165. The molecular formula is C13H17NO4. The molecule has 0 atom stereocenters. The van der Waals surface area contributed by atoms with Crippen LogP contribution < -0.4 is 14.8 Å². The van der Waals surface area contributed by atoms with E-state index in [0.717, 1.165) is 18.4 Å². The Morgan fingerprint density at radius 1 is 1.17 bits per heavy atom. The Kier molecular flexibility index (Phi) is 3.32. The van der Waals surface area contributed by atoms with Gasteiger partial charge in [0, 0.05) is 0 Å². The molecule has 1 aromatic rings. The number of hydrogen-bond donors (Lipinski definition) is 1. The van der Waals surface area contributed by atoms with Crippen LogP contribution in [0.5, 0.6) is 11.5 Å². The van der Waals surface area contributed by atoms with Crippen molar-refractivity contribution >= 4 is 6.09 Å². The highest BCUT2D eigenvalue weighted by Crippen LogP contribution is 2.47. The fourth-order valence-corrected chi connectivity index (χ4v) is 1.99. The maximum Gasteiger partial charge on any atom is 0.407 e. The number of nitrogens with one attached hydrogen (secondary N) is 1. The zero-order chi connectivity index (χ0) is 13.2. The molecule has 0 heterocycles. The zero-order valence-corrected chi connectivity index (χ0v) is 10.8. The summed E-state index contributed by atoms with van der Waals surface area (Å²) in [5.74, 6) is 1.34. The smallest absolute Gasteiger partial charge is 0.407 e. The summed E-state index contributed by atoms with van der Waals surface area (Å²) in [5, 5.41) is 2.86. The second-order valence-corrected chi connectivity index (χ2v) is 4.27. The molecule has 1 N–H and O–H groups in total. The van der Waals surface area contributed by atoms with Crippen molar-refractivity contribution in [1.29, 1.82) is 0 Å². The number of ether oxygens (including phenoxy) is 3. The lowest BCUT2D eigenvalue weighted by Gasteiger charge is -2.18. The van der Waals surface area contributed by atoms with Crippen molar-refractivity contribution in [3.63, 3.8) is 0 Å². The maximum atomic E-state index is 11.3.